The van der Waals surface area contributed by atoms with Crippen LogP contribution in [0.25, 0.3) is 11.1 Å². The van der Waals surface area contributed by atoms with Gasteiger partial charge in [0.05, 0.1) is 5.41 Å². The fourth-order valence-electron chi connectivity index (χ4n) is 4.60. The van der Waals surface area contributed by atoms with Crippen LogP contribution in [0.5, 0.6) is 0 Å². The molecule has 5 rings (SSSR count). The van der Waals surface area contributed by atoms with E-state index in [9.17, 15) is 0 Å². The second-order valence-corrected chi connectivity index (χ2v) is 7.03. The molecule has 4 aromatic carbocycles. The Morgan fingerprint density at radius 3 is 1.56 bits per heavy atom. The van der Waals surface area contributed by atoms with Crippen LogP contribution in [0.15, 0.2) is 103 Å². The second kappa shape index (κ2) is 6.14. The molecule has 1 heteroatoms. The Morgan fingerprint density at radius 2 is 1.00 bits per heavy atom. The summed E-state index contributed by atoms with van der Waals surface area (Å²) < 4.78 is 0. The van der Waals surface area contributed by atoms with Crippen molar-refractivity contribution < 1.29 is 0 Å². The van der Waals surface area contributed by atoms with Gasteiger partial charge in [-0.15, -0.1) is 0 Å². The average Bonchev–Trinajstić information content (AvgIpc) is 3.06. The fourth-order valence-corrected chi connectivity index (χ4v) is 4.60. The first-order chi connectivity index (χ1) is 13.4. The quantitative estimate of drug-likeness (QED) is 0.416. The minimum absolute atomic E-state index is 0.291. The number of nitrogens with one attached hydrogen (secondary N) is 1. The van der Waals surface area contributed by atoms with Crippen molar-refractivity contribution in [2.75, 3.05) is 12.4 Å². The molecule has 0 fully saturated rings. The molecule has 1 aliphatic carbocycles. The molecule has 1 N–H and O–H groups in total. The van der Waals surface area contributed by atoms with Gasteiger partial charge in [0, 0.05) is 12.7 Å². The molecule has 0 bridgehead atoms. The average molecular weight is 347 g/mol. The standard InChI is InChI=1S/C26H21N/c1-27-21-17-15-20(16-18-21)26(19-9-3-2-4-10-19)24-13-7-5-11-22(24)23-12-6-8-14-25(23)26/h2-18,27H,1H3. The summed E-state index contributed by atoms with van der Waals surface area (Å²) >= 11 is 0. The van der Waals surface area contributed by atoms with E-state index in [1.54, 1.807) is 0 Å². The second-order valence-electron chi connectivity index (χ2n) is 7.03. The Morgan fingerprint density at radius 1 is 0.519 bits per heavy atom. The maximum Gasteiger partial charge on any atom is 0.0713 e. The summed E-state index contributed by atoms with van der Waals surface area (Å²) in [7, 11) is 1.96. The largest absolute Gasteiger partial charge is 0.388 e. The third kappa shape index (κ3) is 2.18. The summed E-state index contributed by atoms with van der Waals surface area (Å²) in [6.45, 7) is 0. The van der Waals surface area contributed by atoms with Gasteiger partial charge in [0.25, 0.3) is 0 Å². The van der Waals surface area contributed by atoms with Crippen molar-refractivity contribution in [3.8, 4) is 11.1 Å². The van der Waals surface area contributed by atoms with Crippen molar-refractivity contribution in [1.29, 1.82) is 0 Å². The van der Waals surface area contributed by atoms with Gasteiger partial charge in [-0.3, -0.25) is 0 Å². The molecule has 0 spiro atoms. The number of fused-ring (bicyclic) bond motifs is 3. The predicted molar refractivity (Wildman–Crippen MR) is 113 cm³/mol. The van der Waals surface area contributed by atoms with E-state index in [0.29, 0.717) is 0 Å². The molecule has 0 radical (unpaired) electrons. The zero-order valence-corrected chi connectivity index (χ0v) is 15.3. The van der Waals surface area contributed by atoms with Crippen molar-refractivity contribution in [2.45, 2.75) is 5.41 Å². The van der Waals surface area contributed by atoms with Crippen LogP contribution in [0, 0.1) is 0 Å². The third-order valence-electron chi connectivity index (χ3n) is 5.77. The molecule has 1 nitrogen and oxygen atoms in total. The molecule has 130 valence electrons. The number of hydrogen-bond donors (Lipinski definition) is 1. The van der Waals surface area contributed by atoms with Crippen molar-refractivity contribution in [3.63, 3.8) is 0 Å². The van der Waals surface area contributed by atoms with E-state index in [-0.39, 0.29) is 5.41 Å². The SMILES string of the molecule is CNc1ccc(C2(c3ccccc3)c3ccccc3-c3ccccc32)cc1. The molecule has 0 unspecified atom stereocenters. The van der Waals surface area contributed by atoms with Crippen LogP contribution in [-0.4, -0.2) is 7.05 Å². The van der Waals surface area contributed by atoms with Crippen LogP contribution in [0.4, 0.5) is 5.69 Å². The van der Waals surface area contributed by atoms with E-state index < -0.39 is 0 Å². The van der Waals surface area contributed by atoms with Crippen molar-refractivity contribution in [1.82, 2.24) is 0 Å². The molecule has 0 heterocycles. The summed E-state index contributed by atoms with van der Waals surface area (Å²) in [4.78, 5) is 0. The lowest BCUT2D eigenvalue weighted by Gasteiger charge is -2.34. The third-order valence-corrected chi connectivity index (χ3v) is 5.77. The van der Waals surface area contributed by atoms with Crippen molar-refractivity contribution >= 4 is 5.69 Å². The van der Waals surface area contributed by atoms with E-state index in [4.69, 9.17) is 0 Å². The highest BCUT2D eigenvalue weighted by Gasteiger charge is 2.45. The van der Waals surface area contributed by atoms with Crippen molar-refractivity contribution in [2.24, 2.45) is 0 Å². The normalized spacial score (nSPS) is 13.7. The summed E-state index contributed by atoms with van der Waals surface area (Å²) in [5.74, 6) is 0. The number of anilines is 1. The maximum absolute atomic E-state index is 3.24. The maximum atomic E-state index is 3.24. The van der Waals surface area contributed by atoms with Crippen LogP contribution in [0.3, 0.4) is 0 Å². The van der Waals surface area contributed by atoms with Crippen LogP contribution < -0.4 is 5.32 Å². The minimum atomic E-state index is -0.291. The highest BCUT2D eigenvalue weighted by molar-refractivity contribution is 5.86. The molecule has 0 aliphatic heterocycles. The lowest BCUT2D eigenvalue weighted by atomic mass is 9.68. The molecular weight excluding hydrogens is 326 g/mol. The first-order valence-electron chi connectivity index (χ1n) is 9.39. The molecule has 0 amide bonds. The minimum Gasteiger partial charge on any atom is -0.388 e. The Labute approximate surface area is 160 Å². The molecular formula is C26H21N. The molecule has 0 saturated carbocycles. The van der Waals surface area contributed by atoms with Gasteiger partial charge in [-0.2, -0.15) is 0 Å². The van der Waals surface area contributed by atoms with E-state index in [0.717, 1.165) is 5.69 Å². The van der Waals surface area contributed by atoms with Crippen LogP contribution >= 0.6 is 0 Å². The van der Waals surface area contributed by atoms with E-state index in [1.165, 1.54) is 33.4 Å². The number of benzene rings is 4. The van der Waals surface area contributed by atoms with Gasteiger partial charge in [0.1, 0.15) is 0 Å². The zero-order valence-electron chi connectivity index (χ0n) is 15.3. The van der Waals surface area contributed by atoms with Gasteiger partial charge in [0.15, 0.2) is 0 Å². The van der Waals surface area contributed by atoms with E-state index in [2.05, 4.69) is 108 Å². The molecule has 0 saturated heterocycles. The van der Waals surface area contributed by atoms with Gasteiger partial charge in [-0.1, -0.05) is 91.0 Å². The summed E-state index contributed by atoms with van der Waals surface area (Å²) in [6, 6.07) is 37.4. The fraction of sp³-hybridized carbons (Fsp3) is 0.0769. The molecule has 4 aromatic rings. The molecule has 0 aromatic heterocycles. The van der Waals surface area contributed by atoms with Gasteiger partial charge >= 0.3 is 0 Å². The van der Waals surface area contributed by atoms with E-state index in [1.807, 2.05) is 7.05 Å². The highest BCUT2D eigenvalue weighted by Crippen LogP contribution is 2.55. The zero-order chi connectivity index (χ0) is 18.3. The van der Waals surface area contributed by atoms with Gasteiger partial charge < -0.3 is 5.32 Å². The Balaban J connectivity index is 1.92. The Hall–Kier alpha value is -3.32. The van der Waals surface area contributed by atoms with Crippen molar-refractivity contribution in [3.05, 3.63) is 125 Å². The number of hydrogen-bond acceptors (Lipinski definition) is 1. The van der Waals surface area contributed by atoms with Crippen LogP contribution in [0.1, 0.15) is 22.3 Å². The van der Waals surface area contributed by atoms with E-state index >= 15 is 0 Å². The smallest absolute Gasteiger partial charge is 0.0713 e. The predicted octanol–water partition coefficient (Wildman–Crippen LogP) is 6.09. The Bertz CT molecular complexity index is 1050. The van der Waals surface area contributed by atoms with Crippen LogP contribution in [-0.2, 0) is 5.41 Å². The highest BCUT2D eigenvalue weighted by atomic mass is 14.8. The summed E-state index contributed by atoms with van der Waals surface area (Å²) in [5, 5.41) is 3.24. The molecule has 1 aliphatic rings. The first-order valence-corrected chi connectivity index (χ1v) is 9.39. The summed E-state index contributed by atoms with van der Waals surface area (Å²) in [5.41, 5.74) is 8.81. The van der Waals surface area contributed by atoms with Gasteiger partial charge in [0.2, 0.25) is 0 Å². The molecule has 27 heavy (non-hydrogen) atoms. The topological polar surface area (TPSA) is 12.0 Å². The van der Waals surface area contributed by atoms with Gasteiger partial charge in [-0.25, -0.2) is 0 Å². The number of rotatable bonds is 3. The van der Waals surface area contributed by atoms with Crippen LogP contribution in [0.2, 0.25) is 0 Å². The lowest BCUT2D eigenvalue weighted by Crippen LogP contribution is -2.28. The monoisotopic (exact) mass is 347 g/mol. The first kappa shape index (κ1) is 15.9. The molecule has 0 atom stereocenters. The van der Waals surface area contributed by atoms with Gasteiger partial charge in [-0.05, 0) is 45.5 Å². The summed E-state index contributed by atoms with van der Waals surface area (Å²) in [6.07, 6.45) is 0. The lowest BCUT2D eigenvalue weighted by molar-refractivity contribution is 0.768. The Kier molecular flexibility index (Phi) is 3.61.